The average molecular weight is 256 g/mol. The summed E-state index contributed by atoms with van der Waals surface area (Å²) in [5.74, 6) is 0.211. The largest absolute Gasteiger partial charge is 0.346 e. The van der Waals surface area contributed by atoms with Gasteiger partial charge in [0.05, 0.1) is 17.0 Å². The zero-order chi connectivity index (χ0) is 13.1. The van der Waals surface area contributed by atoms with Crippen LogP contribution in [-0.4, -0.2) is 27.5 Å². The molecular formula is C12H18ClN3O. The lowest BCUT2D eigenvalue weighted by atomic mass is 10.1. The molecule has 0 radical (unpaired) electrons. The number of carbonyl (C=O) groups is 1. The molecule has 0 bridgehead atoms. The number of rotatable bonds is 4. The predicted molar refractivity (Wildman–Crippen MR) is 68.4 cm³/mol. The highest BCUT2D eigenvalue weighted by molar-refractivity contribution is 6.18. The first kappa shape index (κ1) is 13.9. The molecule has 1 heterocycles. The number of aromatic nitrogens is 2. The molecule has 0 spiro atoms. The Balaban J connectivity index is 2.99. The molecule has 4 nitrogen and oxygen atoms in total. The second-order valence-electron chi connectivity index (χ2n) is 4.67. The Bertz CT molecular complexity index is 418. The number of halogens is 1. The first-order valence-electron chi connectivity index (χ1n) is 5.61. The van der Waals surface area contributed by atoms with Crippen molar-refractivity contribution in [1.29, 1.82) is 0 Å². The van der Waals surface area contributed by atoms with Gasteiger partial charge < -0.3 is 5.32 Å². The Kier molecular flexibility index (Phi) is 4.46. The molecule has 1 amide bonds. The van der Waals surface area contributed by atoms with Crippen LogP contribution in [0.3, 0.4) is 0 Å². The maximum absolute atomic E-state index is 12.1. The summed E-state index contributed by atoms with van der Waals surface area (Å²) in [6.07, 6.45) is 0.678. The van der Waals surface area contributed by atoms with Crippen LogP contribution in [0.1, 0.15) is 42.5 Å². The van der Waals surface area contributed by atoms with E-state index in [0.717, 1.165) is 5.69 Å². The second kappa shape index (κ2) is 5.45. The third-order valence-electron chi connectivity index (χ3n) is 2.36. The van der Waals surface area contributed by atoms with E-state index in [4.69, 9.17) is 11.6 Å². The Morgan fingerprint density at radius 3 is 2.65 bits per heavy atom. The SMILES string of the molecule is CCc1nnc(C)cc1C(=O)NC(C)(C)CCl. The molecule has 0 saturated heterocycles. The van der Waals surface area contributed by atoms with E-state index in [1.54, 1.807) is 6.07 Å². The maximum Gasteiger partial charge on any atom is 0.253 e. The molecule has 1 aromatic rings. The number of hydrogen-bond donors (Lipinski definition) is 1. The van der Waals surface area contributed by atoms with E-state index >= 15 is 0 Å². The number of alkyl halides is 1. The Morgan fingerprint density at radius 1 is 1.47 bits per heavy atom. The first-order chi connectivity index (χ1) is 7.89. The average Bonchev–Trinajstić information content (AvgIpc) is 2.28. The van der Waals surface area contributed by atoms with Crippen molar-refractivity contribution in [1.82, 2.24) is 15.5 Å². The van der Waals surface area contributed by atoms with Crippen molar-refractivity contribution in [3.8, 4) is 0 Å². The molecule has 17 heavy (non-hydrogen) atoms. The third-order valence-corrected chi connectivity index (χ3v) is 3.03. The fraction of sp³-hybridized carbons (Fsp3) is 0.583. The molecule has 0 aliphatic rings. The van der Waals surface area contributed by atoms with Gasteiger partial charge in [0.25, 0.3) is 5.91 Å². The van der Waals surface area contributed by atoms with Crippen LogP contribution in [0, 0.1) is 6.92 Å². The van der Waals surface area contributed by atoms with Gasteiger partial charge in [-0.2, -0.15) is 10.2 Å². The smallest absolute Gasteiger partial charge is 0.253 e. The van der Waals surface area contributed by atoms with Gasteiger partial charge in [-0.3, -0.25) is 4.79 Å². The van der Waals surface area contributed by atoms with Crippen LogP contribution in [-0.2, 0) is 6.42 Å². The lowest BCUT2D eigenvalue weighted by Crippen LogP contribution is -2.45. The van der Waals surface area contributed by atoms with Crippen LogP contribution >= 0.6 is 11.6 Å². The maximum atomic E-state index is 12.1. The van der Waals surface area contributed by atoms with Crippen molar-refractivity contribution >= 4 is 17.5 Å². The van der Waals surface area contributed by atoms with Crippen molar-refractivity contribution in [3.63, 3.8) is 0 Å². The van der Waals surface area contributed by atoms with Gasteiger partial charge in [0.15, 0.2) is 0 Å². The van der Waals surface area contributed by atoms with E-state index < -0.39 is 5.54 Å². The van der Waals surface area contributed by atoms with Gasteiger partial charge >= 0.3 is 0 Å². The minimum atomic E-state index is -0.430. The summed E-state index contributed by atoms with van der Waals surface area (Å²) < 4.78 is 0. The van der Waals surface area contributed by atoms with Crippen molar-refractivity contribution in [2.45, 2.75) is 39.7 Å². The Labute approximate surface area is 107 Å². The Hall–Kier alpha value is -1.16. The van der Waals surface area contributed by atoms with E-state index in [2.05, 4.69) is 15.5 Å². The topological polar surface area (TPSA) is 54.9 Å². The van der Waals surface area contributed by atoms with Crippen LogP contribution in [0.5, 0.6) is 0 Å². The monoisotopic (exact) mass is 255 g/mol. The van der Waals surface area contributed by atoms with Crippen molar-refractivity contribution < 1.29 is 4.79 Å². The van der Waals surface area contributed by atoms with Crippen LogP contribution < -0.4 is 5.32 Å². The number of aryl methyl sites for hydroxylation is 2. The quantitative estimate of drug-likeness (QED) is 0.839. The third kappa shape index (κ3) is 3.66. The lowest BCUT2D eigenvalue weighted by molar-refractivity contribution is 0.0918. The zero-order valence-corrected chi connectivity index (χ0v) is 11.4. The summed E-state index contributed by atoms with van der Waals surface area (Å²) in [6.45, 7) is 7.52. The number of nitrogens with one attached hydrogen (secondary N) is 1. The fourth-order valence-corrected chi connectivity index (χ4v) is 1.45. The number of amides is 1. The highest BCUT2D eigenvalue weighted by Crippen LogP contribution is 2.11. The molecule has 0 unspecified atom stereocenters. The highest BCUT2D eigenvalue weighted by Gasteiger charge is 2.22. The summed E-state index contributed by atoms with van der Waals surface area (Å²) in [5, 5.41) is 10.9. The molecule has 1 rings (SSSR count). The van der Waals surface area contributed by atoms with Crippen LogP contribution in [0.4, 0.5) is 0 Å². The molecule has 0 saturated carbocycles. The van der Waals surface area contributed by atoms with Crippen molar-refractivity contribution in [3.05, 3.63) is 23.0 Å². The zero-order valence-electron chi connectivity index (χ0n) is 10.7. The van der Waals surface area contributed by atoms with Gasteiger partial charge in [-0.15, -0.1) is 11.6 Å². The summed E-state index contributed by atoms with van der Waals surface area (Å²) >= 11 is 5.79. The van der Waals surface area contributed by atoms with Crippen LogP contribution in [0.2, 0.25) is 0 Å². The molecule has 0 aliphatic carbocycles. The Morgan fingerprint density at radius 2 is 2.12 bits per heavy atom. The highest BCUT2D eigenvalue weighted by atomic mass is 35.5. The van der Waals surface area contributed by atoms with Crippen LogP contribution in [0.15, 0.2) is 6.07 Å². The summed E-state index contributed by atoms with van der Waals surface area (Å²) in [4.78, 5) is 12.1. The molecule has 5 heteroatoms. The van der Waals surface area contributed by atoms with Gasteiger partial charge in [0, 0.05) is 11.4 Å². The molecule has 0 aliphatic heterocycles. The molecule has 0 fully saturated rings. The van der Waals surface area contributed by atoms with Gasteiger partial charge in [-0.25, -0.2) is 0 Å². The standard InChI is InChI=1S/C12H18ClN3O/c1-5-10-9(6-8(2)15-16-10)11(17)14-12(3,4)7-13/h6H,5,7H2,1-4H3,(H,14,17). The summed E-state index contributed by atoms with van der Waals surface area (Å²) in [6, 6.07) is 1.76. The number of carbonyl (C=O) groups excluding carboxylic acids is 1. The van der Waals surface area contributed by atoms with E-state index in [-0.39, 0.29) is 5.91 Å². The minimum absolute atomic E-state index is 0.148. The van der Waals surface area contributed by atoms with Gasteiger partial charge in [-0.05, 0) is 33.3 Å². The molecular weight excluding hydrogens is 238 g/mol. The van der Waals surface area contributed by atoms with Crippen LogP contribution in [0.25, 0.3) is 0 Å². The second-order valence-corrected chi connectivity index (χ2v) is 4.94. The number of hydrogen-bond acceptors (Lipinski definition) is 3. The van der Waals surface area contributed by atoms with E-state index in [9.17, 15) is 4.79 Å². The fourth-order valence-electron chi connectivity index (χ4n) is 1.38. The summed E-state index contributed by atoms with van der Waals surface area (Å²) in [7, 11) is 0. The molecule has 1 aromatic heterocycles. The lowest BCUT2D eigenvalue weighted by Gasteiger charge is -2.23. The molecule has 1 N–H and O–H groups in total. The number of nitrogens with zero attached hydrogens (tertiary/aromatic N) is 2. The van der Waals surface area contributed by atoms with E-state index in [1.807, 2.05) is 27.7 Å². The predicted octanol–water partition coefficient (Wildman–Crippen LogP) is 2.09. The molecule has 0 aromatic carbocycles. The van der Waals surface area contributed by atoms with Crippen molar-refractivity contribution in [2.24, 2.45) is 0 Å². The normalized spacial score (nSPS) is 11.4. The van der Waals surface area contributed by atoms with Gasteiger partial charge in [0.2, 0.25) is 0 Å². The first-order valence-corrected chi connectivity index (χ1v) is 6.14. The van der Waals surface area contributed by atoms with E-state index in [0.29, 0.717) is 23.6 Å². The molecule has 0 atom stereocenters. The minimum Gasteiger partial charge on any atom is -0.346 e. The van der Waals surface area contributed by atoms with Gasteiger partial charge in [-0.1, -0.05) is 6.92 Å². The van der Waals surface area contributed by atoms with E-state index in [1.165, 1.54) is 0 Å². The van der Waals surface area contributed by atoms with Gasteiger partial charge in [0.1, 0.15) is 0 Å². The summed E-state index contributed by atoms with van der Waals surface area (Å²) in [5.41, 5.74) is 1.59. The van der Waals surface area contributed by atoms with Crippen molar-refractivity contribution in [2.75, 3.05) is 5.88 Å². The molecule has 94 valence electrons.